The van der Waals surface area contributed by atoms with E-state index in [0.717, 1.165) is 17.3 Å². The Labute approximate surface area is 92.1 Å². The van der Waals surface area contributed by atoms with Crippen LogP contribution in [0.15, 0.2) is 22.7 Å². The van der Waals surface area contributed by atoms with Crippen molar-refractivity contribution in [1.82, 2.24) is 0 Å². The SMILES string of the molecule is CCCCC(=O)c1cc(Br)ccc1O. The van der Waals surface area contributed by atoms with Crippen molar-refractivity contribution in [3.05, 3.63) is 28.2 Å². The van der Waals surface area contributed by atoms with Gasteiger partial charge in [0.1, 0.15) is 5.75 Å². The average molecular weight is 257 g/mol. The second kappa shape index (κ2) is 5.15. The van der Waals surface area contributed by atoms with E-state index in [2.05, 4.69) is 15.9 Å². The van der Waals surface area contributed by atoms with Crippen LogP contribution in [0, 0.1) is 0 Å². The molecule has 0 heterocycles. The van der Waals surface area contributed by atoms with Gasteiger partial charge in [-0.2, -0.15) is 0 Å². The van der Waals surface area contributed by atoms with Crippen LogP contribution >= 0.6 is 15.9 Å². The molecule has 0 atom stereocenters. The molecule has 0 spiro atoms. The van der Waals surface area contributed by atoms with Gasteiger partial charge in [-0.05, 0) is 24.6 Å². The Bertz CT molecular complexity index is 334. The van der Waals surface area contributed by atoms with E-state index in [4.69, 9.17) is 0 Å². The summed E-state index contributed by atoms with van der Waals surface area (Å²) in [7, 11) is 0. The molecule has 3 heteroatoms. The van der Waals surface area contributed by atoms with Gasteiger partial charge in [0, 0.05) is 10.9 Å². The highest BCUT2D eigenvalue weighted by molar-refractivity contribution is 9.10. The molecule has 1 rings (SSSR count). The summed E-state index contributed by atoms with van der Waals surface area (Å²) in [4.78, 5) is 11.6. The first-order chi connectivity index (χ1) is 6.65. The van der Waals surface area contributed by atoms with Gasteiger partial charge in [-0.1, -0.05) is 29.3 Å². The monoisotopic (exact) mass is 256 g/mol. The van der Waals surface area contributed by atoms with Gasteiger partial charge in [0.2, 0.25) is 0 Å². The Morgan fingerprint density at radius 1 is 1.50 bits per heavy atom. The molecule has 1 aromatic rings. The molecule has 0 saturated carbocycles. The molecule has 1 N–H and O–H groups in total. The number of hydrogen-bond donors (Lipinski definition) is 1. The molecule has 0 aliphatic carbocycles. The first-order valence-electron chi connectivity index (χ1n) is 4.67. The first kappa shape index (κ1) is 11.2. The van der Waals surface area contributed by atoms with E-state index in [1.165, 1.54) is 6.07 Å². The summed E-state index contributed by atoms with van der Waals surface area (Å²) in [6.45, 7) is 2.04. The van der Waals surface area contributed by atoms with Gasteiger partial charge in [-0.3, -0.25) is 4.79 Å². The fraction of sp³-hybridized carbons (Fsp3) is 0.364. The predicted molar refractivity (Wildman–Crippen MR) is 59.7 cm³/mol. The maximum absolute atomic E-state index is 11.6. The fourth-order valence-electron chi connectivity index (χ4n) is 1.20. The normalized spacial score (nSPS) is 10.1. The van der Waals surface area contributed by atoms with Crippen LogP contribution in [0.4, 0.5) is 0 Å². The van der Waals surface area contributed by atoms with E-state index in [1.807, 2.05) is 6.92 Å². The summed E-state index contributed by atoms with van der Waals surface area (Å²) in [6.07, 6.45) is 2.35. The molecule has 1 aromatic carbocycles. The number of carbonyl (C=O) groups is 1. The molecule has 0 aliphatic heterocycles. The molecule has 0 fully saturated rings. The first-order valence-corrected chi connectivity index (χ1v) is 5.46. The molecule has 76 valence electrons. The van der Waals surface area contributed by atoms with E-state index in [-0.39, 0.29) is 11.5 Å². The molecule has 0 aromatic heterocycles. The molecule has 0 amide bonds. The average Bonchev–Trinajstić information content (AvgIpc) is 2.18. The predicted octanol–water partition coefficient (Wildman–Crippen LogP) is 3.53. The fourth-order valence-corrected chi connectivity index (χ4v) is 1.56. The largest absolute Gasteiger partial charge is 0.507 e. The van der Waals surface area contributed by atoms with Gasteiger partial charge < -0.3 is 5.11 Å². The maximum atomic E-state index is 11.6. The topological polar surface area (TPSA) is 37.3 Å². The molecular formula is C11H13BrO2. The zero-order valence-electron chi connectivity index (χ0n) is 8.09. The number of carbonyl (C=O) groups excluding carboxylic acids is 1. The van der Waals surface area contributed by atoms with Crippen molar-refractivity contribution in [1.29, 1.82) is 0 Å². The Hall–Kier alpha value is -0.830. The van der Waals surface area contributed by atoms with E-state index < -0.39 is 0 Å². The van der Waals surface area contributed by atoms with Gasteiger partial charge in [-0.15, -0.1) is 0 Å². The van der Waals surface area contributed by atoms with E-state index >= 15 is 0 Å². The molecule has 2 nitrogen and oxygen atoms in total. The number of aromatic hydroxyl groups is 1. The molecule has 0 bridgehead atoms. The van der Waals surface area contributed by atoms with Crippen molar-refractivity contribution in [3.8, 4) is 5.75 Å². The number of unbranched alkanes of at least 4 members (excludes halogenated alkanes) is 1. The lowest BCUT2D eigenvalue weighted by Crippen LogP contribution is -1.99. The van der Waals surface area contributed by atoms with Crippen molar-refractivity contribution < 1.29 is 9.90 Å². The number of halogens is 1. The van der Waals surface area contributed by atoms with Crippen molar-refractivity contribution in [2.45, 2.75) is 26.2 Å². The number of Topliss-reactive ketones (excluding diaryl/α,β-unsaturated/α-hetero) is 1. The lowest BCUT2D eigenvalue weighted by molar-refractivity contribution is 0.0977. The number of hydrogen-bond acceptors (Lipinski definition) is 2. The van der Waals surface area contributed by atoms with E-state index in [0.29, 0.717) is 12.0 Å². The van der Waals surface area contributed by atoms with Crippen molar-refractivity contribution in [2.75, 3.05) is 0 Å². The van der Waals surface area contributed by atoms with Crippen LogP contribution in [-0.2, 0) is 0 Å². The third-order valence-electron chi connectivity index (χ3n) is 2.02. The second-order valence-corrected chi connectivity index (χ2v) is 4.10. The molecule has 0 radical (unpaired) electrons. The van der Waals surface area contributed by atoms with Crippen LogP contribution in [0.1, 0.15) is 36.5 Å². The third kappa shape index (κ3) is 2.84. The van der Waals surface area contributed by atoms with Crippen molar-refractivity contribution >= 4 is 21.7 Å². The Kier molecular flexibility index (Phi) is 4.14. The summed E-state index contributed by atoms with van der Waals surface area (Å²) < 4.78 is 0.815. The van der Waals surface area contributed by atoms with Crippen LogP contribution in [0.2, 0.25) is 0 Å². The highest BCUT2D eigenvalue weighted by Gasteiger charge is 2.10. The van der Waals surface area contributed by atoms with Crippen LogP contribution < -0.4 is 0 Å². The van der Waals surface area contributed by atoms with Gasteiger partial charge in [0.15, 0.2) is 5.78 Å². The number of benzene rings is 1. The summed E-state index contributed by atoms with van der Waals surface area (Å²) in [5, 5.41) is 9.46. The number of phenols is 1. The molecule has 0 aliphatic rings. The van der Waals surface area contributed by atoms with Crippen LogP contribution in [0.3, 0.4) is 0 Å². The highest BCUT2D eigenvalue weighted by Crippen LogP contribution is 2.23. The standard InChI is InChI=1S/C11H13BrO2/c1-2-3-4-10(13)9-7-8(12)5-6-11(9)14/h5-7,14H,2-4H2,1H3. The van der Waals surface area contributed by atoms with Gasteiger partial charge in [0.05, 0.1) is 5.56 Å². The molecule has 0 saturated heterocycles. The van der Waals surface area contributed by atoms with Gasteiger partial charge in [-0.25, -0.2) is 0 Å². The van der Waals surface area contributed by atoms with Gasteiger partial charge >= 0.3 is 0 Å². The van der Waals surface area contributed by atoms with Crippen LogP contribution in [-0.4, -0.2) is 10.9 Å². The lowest BCUT2D eigenvalue weighted by atomic mass is 10.1. The molecule has 14 heavy (non-hydrogen) atoms. The quantitative estimate of drug-likeness (QED) is 0.838. The minimum atomic E-state index is 0.00523. The smallest absolute Gasteiger partial charge is 0.166 e. The van der Waals surface area contributed by atoms with Crippen molar-refractivity contribution in [2.24, 2.45) is 0 Å². The van der Waals surface area contributed by atoms with Gasteiger partial charge in [0.25, 0.3) is 0 Å². The number of rotatable bonds is 4. The number of phenolic OH excluding ortho intramolecular Hbond substituents is 1. The third-order valence-corrected chi connectivity index (χ3v) is 2.51. The minimum Gasteiger partial charge on any atom is -0.507 e. The van der Waals surface area contributed by atoms with Crippen LogP contribution in [0.25, 0.3) is 0 Å². The Morgan fingerprint density at radius 2 is 2.21 bits per heavy atom. The van der Waals surface area contributed by atoms with Crippen molar-refractivity contribution in [3.63, 3.8) is 0 Å². The zero-order chi connectivity index (χ0) is 10.6. The minimum absolute atomic E-state index is 0.00523. The molecule has 0 unspecified atom stereocenters. The summed E-state index contributed by atoms with van der Waals surface area (Å²) in [5.41, 5.74) is 0.410. The Morgan fingerprint density at radius 3 is 2.86 bits per heavy atom. The Balaban J connectivity index is 2.83. The second-order valence-electron chi connectivity index (χ2n) is 3.19. The van der Waals surface area contributed by atoms with Crippen LogP contribution in [0.5, 0.6) is 5.75 Å². The summed E-state index contributed by atoms with van der Waals surface area (Å²) in [5.74, 6) is 0.0694. The number of ketones is 1. The summed E-state index contributed by atoms with van der Waals surface area (Å²) in [6, 6.07) is 4.91. The van der Waals surface area contributed by atoms with E-state index in [9.17, 15) is 9.90 Å². The molecular weight excluding hydrogens is 244 g/mol. The zero-order valence-corrected chi connectivity index (χ0v) is 9.67. The van der Waals surface area contributed by atoms with E-state index in [1.54, 1.807) is 12.1 Å². The summed E-state index contributed by atoms with van der Waals surface area (Å²) >= 11 is 3.27. The highest BCUT2D eigenvalue weighted by atomic mass is 79.9. The maximum Gasteiger partial charge on any atom is 0.166 e. The lowest BCUT2D eigenvalue weighted by Gasteiger charge is -2.03.